The molecule has 0 aliphatic carbocycles. The Morgan fingerprint density at radius 1 is 1.44 bits per heavy atom. The summed E-state index contributed by atoms with van der Waals surface area (Å²) in [7, 11) is 1.56. The maximum Gasteiger partial charge on any atom is 0.270 e. The summed E-state index contributed by atoms with van der Waals surface area (Å²) in [5.41, 5.74) is 0.892. The van der Waals surface area contributed by atoms with E-state index in [1.54, 1.807) is 31.4 Å². The Kier molecular flexibility index (Phi) is 5.67. The lowest BCUT2D eigenvalue weighted by molar-refractivity contribution is 0.0853. The lowest BCUT2D eigenvalue weighted by Gasteiger charge is -2.12. The molecule has 1 atom stereocenters. The fourth-order valence-electron chi connectivity index (χ4n) is 2.55. The number of aromatic nitrogens is 2. The number of hydrogen-bond donors (Lipinski definition) is 2. The number of halogens is 1. The molecule has 1 aliphatic rings. The van der Waals surface area contributed by atoms with E-state index in [9.17, 15) is 4.79 Å². The molecule has 0 bridgehead atoms. The van der Waals surface area contributed by atoms with Crippen molar-refractivity contribution in [2.75, 3.05) is 25.6 Å². The molecule has 1 aromatic heterocycles. The summed E-state index contributed by atoms with van der Waals surface area (Å²) >= 11 is 6.01. The number of methoxy groups -OCH3 is 1. The van der Waals surface area contributed by atoms with Gasteiger partial charge in [-0.3, -0.25) is 4.79 Å². The number of nitrogens with one attached hydrogen (secondary N) is 2. The van der Waals surface area contributed by atoms with Crippen molar-refractivity contribution in [2.24, 2.45) is 0 Å². The van der Waals surface area contributed by atoms with Crippen molar-refractivity contribution in [1.82, 2.24) is 15.3 Å². The van der Waals surface area contributed by atoms with Crippen molar-refractivity contribution in [3.05, 3.63) is 41.2 Å². The van der Waals surface area contributed by atoms with Gasteiger partial charge in [-0.15, -0.1) is 0 Å². The fourth-order valence-corrected chi connectivity index (χ4v) is 2.72. The molecule has 25 heavy (non-hydrogen) atoms. The molecule has 2 heterocycles. The zero-order chi connectivity index (χ0) is 17.6. The summed E-state index contributed by atoms with van der Waals surface area (Å²) in [6.45, 7) is 1.23. The number of anilines is 2. The highest BCUT2D eigenvalue weighted by atomic mass is 35.5. The van der Waals surface area contributed by atoms with Crippen molar-refractivity contribution in [2.45, 2.75) is 18.9 Å². The van der Waals surface area contributed by atoms with Crippen LogP contribution in [0.2, 0.25) is 5.02 Å². The summed E-state index contributed by atoms with van der Waals surface area (Å²) in [5.74, 6) is 0.616. The smallest absolute Gasteiger partial charge is 0.270 e. The van der Waals surface area contributed by atoms with E-state index < -0.39 is 0 Å². The van der Waals surface area contributed by atoms with Crippen LogP contribution in [0, 0.1) is 0 Å². The van der Waals surface area contributed by atoms with Crippen molar-refractivity contribution in [3.63, 3.8) is 0 Å². The molecule has 1 aromatic carbocycles. The van der Waals surface area contributed by atoms with E-state index in [4.69, 9.17) is 21.1 Å². The SMILES string of the molecule is COc1ccc(Cl)cc1Nc1nccc(C(=O)NCC2CCCO2)n1. The number of rotatable bonds is 6. The summed E-state index contributed by atoms with van der Waals surface area (Å²) in [5, 5.41) is 6.41. The van der Waals surface area contributed by atoms with Gasteiger partial charge < -0.3 is 20.1 Å². The summed E-state index contributed by atoms with van der Waals surface area (Å²) in [6, 6.07) is 6.73. The van der Waals surface area contributed by atoms with Crippen LogP contribution in [0.25, 0.3) is 0 Å². The molecule has 0 saturated carbocycles. The van der Waals surface area contributed by atoms with E-state index in [-0.39, 0.29) is 23.7 Å². The Morgan fingerprint density at radius 3 is 3.08 bits per heavy atom. The van der Waals surface area contributed by atoms with Gasteiger partial charge in [-0.05, 0) is 37.1 Å². The predicted molar refractivity (Wildman–Crippen MR) is 94.6 cm³/mol. The molecule has 7 nitrogen and oxygen atoms in total. The van der Waals surface area contributed by atoms with Crippen LogP contribution in [0.3, 0.4) is 0 Å². The molecule has 132 valence electrons. The first-order valence-corrected chi connectivity index (χ1v) is 8.37. The van der Waals surface area contributed by atoms with E-state index in [1.807, 2.05) is 0 Å². The maximum absolute atomic E-state index is 12.3. The molecular weight excluding hydrogens is 344 g/mol. The molecule has 2 N–H and O–H groups in total. The topological polar surface area (TPSA) is 85.4 Å². The van der Waals surface area contributed by atoms with E-state index in [0.29, 0.717) is 23.0 Å². The second kappa shape index (κ2) is 8.13. The minimum Gasteiger partial charge on any atom is -0.495 e. The Labute approximate surface area is 150 Å². The van der Waals surface area contributed by atoms with Gasteiger partial charge in [-0.2, -0.15) is 0 Å². The number of hydrogen-bond acceptors (Lipinski definition) is 6. The number of ether oxygens (including phenoxy) is 2. The summed E-state index contributed by atoms with van der Waals surface area (Å²) in [4.78, 5) is 20.6. The highest BCUT2D eigenvalue weighted by Crippen LogP contribution is 2.29. The van der Waals surface area contributed by atoms with Gasteiger partial charge in [0.25, 0.3) is 5.91 Å². The number of nitrogens with zero attached hydrogens (tertiary/aromatic N) is 2. The van der Waals surface area contributed by atoms with Gasteiger partial charge in [-0.1, -0.05) is 11.6 Å². The molecule has 0 radical (unpaired) electrons. The summed E-state index contributed by atoms with van der Waals surface area (Å²) in [6.07, 6.45) is 3.60. The number of amides is 1. The lowest BCUT2D eigenvalue weighted by Crippen LogP contribution is -2.32. The lowest BCUT2D eigenvalue weighted by atomic mass is 10.2. The van der Waals surface area contributed by atoms with Gasteiger partial charge >= 0.3 is 0 Å². The maximum atomic E-state index is 12.3. The predicted octanol–water partition coefficient (Wildman–Crippen LogP) is 2.79. The highest BCUT2D eigenvalue weighted by molar-refractivity contribution is 6.31. The number of benzene rings is 1. The molecule has 1 fully saturated rings. The van der Waals surface area contributed by atoms with Crippen LogP contribution in [0.5, 0.6) is 5.75 Å². The van der Waals surface area contributed by atoms with Gasteiger partial charge in [0.15, 0.2) is 0 Å². The van der Waals surface area contributed by atoms with Gasteiger partial charge in [0.2, 0.25) is 5.95 Å². The van der Waals surface area contributed by atoms with Crippen molar-refractivity contribution in [3.8, 4) is 5.75 Å². The Morgan fingerprint density at radius 2 is 2.32 bits per heavy atom. The van der Waals surface area contributed by atoms with Crippen molar-refractivity contribution < 1.29 is 14.3 Å². The van der Waals surface area contributed by atoms with Crippen LogP contribution in [-0.2, 0) is 4.74 Å². The molecule has 0 spiro atoms. The van der Waals surface area contributed by atoms with Crippen molar-refractivity contribution in [1.29, 1.82) is 0 Å². The molecular formula is C17H19ClN4O3. The van der Waals surface area contributed by atoms with Crippen LogP contribution in [0.15, 0.2) is 30.5 Å². The van der Waals surface area contributed by atoms with E-state index in [0.717, 1.165) is 19.4 Å². The molecule has 8 heteroatoms. The first-order valence-electron chi connectivity index (χ1n) is 7.99. The highest BCUT2D eigenvalue weighted by Gasteiger charge is 2.17. The number of carbonyl (C=O) groups is 1. The first kappa shape index (κ1) is 17.4. The monoisotopic (exact) mass is 362 g/mol. The van der Waals surface area contributed by atoms with E-state index >= 15 is 0 Å². The average Bonchev–Trinajstić information content (AvgIpc) is 3.14. The van der Waals surface area contributed by atoms with Crippen LogP contribution >= 0.6 is 11.6 Å². The van der Waals surface area contributed by atoms with Crippen LogP contribution < -0.4 is 15.4 Å². The van der Waals surface area contributed by atoms with Crippen LogP contribution in [0.1, 0.15) is 23.3 Å². The molecule has 1 aliphatic heterocycles. The molecule has 1 saturated heterocycles. The molecule has 2 aromatic rings. The zero-order valence-corrected chi connectivity index (χ0v) is 14.5. The molecule has 1 unspecified atom stereocenters. The van der Waals surface area contributed by atoms with Crippen molar-refractivity contribution >= 4 is 29.1 Å². The third-order valence-corrected chi connectivity index (χ3v) is 4.05. The Bertz CT molecular complexity index is 750. The second-order valence-electron chi connectivity index (χ2n) is 5.58. The third kappa shape index (κ3) is 4.58. The number of carbonyl (C=O) groups excluding carboxylic acids is 1. The quantitative estimate of drug-likeness (QED) is 0.821. The minimum atomic E-state index is -0.265. The largest absolute Gasteiger partial charge is 0.495 e. The Balaban J connectivity index is 1.68. The van der Waals surface area contributed by atoms with Gasteiger partial charge in [0, 0.05) is 24.4 Å². The second-order valence-corrected chi connectivity index (χ2v) is 6.02. The van der Waals surface area contributed by atoms with Crippen LogP contribution in [-0.4, -0.2) is 42.2 Å². The van der Waals surface area contributed by atoms with Gasteiger partial charge in [0.1, 0.15) is 11.4 Å². The van der Waals surface area contributed by atoms with E-state index in [2.05, 4.69) is 20.6 Å². The normalized spacial score (nSPS) is 16.5. The van der Waals surface area contributed by atoms with Crippen LogP contribution in [0.4, 0.5) is 11.6 Å². The molecule has 1 amide bonds. The third-order valence-electron chi connectivity index (χ3n) is 3.81. The van der Waals surface area contributed by atoms with Gasteiger partial charge in [-0.25, -0.2) is 9.97 Å². The Hall–Kier alpha value is -2.38. The first-order chi connectivity index (χ1) is 12.2. The van der Waals surface area contributed by atoms with E-state index in [1.165, 1.54) is 6.20 Å². The minimum absolute atomic E-state index is 0.0825. The van der Waals surface area contributed by atoms with Gasteiger partial charge in [0.05, 0.1) is 18.9 Å². The zero-order valence-electron chi connectivity index (χ0n) is 13.8. The molecule has 3 rings (SSSR count). The summed E-state index contributed by atoms with van der Waals surface area (Å²) < 4.78 is 10.8. The standard InChI is InChI=1S/C17H19ClN4O3/c1-24-15-5-4-11(18)9-14(15)22-17-19-7-6-13(21-17)16(23)20-10-12-3-2-8-25-12/h4-7,9,12H,2-3,8,10H2,1H3,(H,20,23)(H,19,21,22). The average molecular weight is 363 g/mol. The fraction of sp³-hybridized carbons (Fsp3) is 0.353.